The Bertz CT molecular complexity index is 463. The molecule has 0 bridgehead atoms. The lowest BCUT2D eigenvalue weighted by Crippen LogP contribution is -2.21. The van der Waals surface area contributed by atoms with Crippen molar-refractivity contribution in [3.8, 4) is 0 Å². The van der Waals surface area contributed by atoms with E-state index in [-0.39, 0.29) is 0 Å². The van der Waals surface area contributed by atoms with Crippen LogP contribution in [0.4, 0.5) is 6.01 Å². The van der Waals surface area contributed by atoms with Gasteiger partial charge in [-0.1, -0.05) is 11.6 Å². The maximum atomic E-state index is 5.87. The van der Waals surface area contributed by atoms with Crippen LogP contribution in [0.3, 0.4) is 0 Å². The number of rotatable bonds is 3. The minimum atomic E-state index is 0.664. The maximum Gasteiger partial charge on any atom is 0.298 e. The van der Waals surface area contributed by atoms with Crippen LogP contribution in [0.15, 0.2) is 22.6 Å². The molecule has 1 heterocycles. The molecule has 0 radical (unpaired) electrons. The van der Waals surface area contributed by atoms with E-state index in [0.717, 1.165) is 24.2 Å². The third-order valence-electron chi connectivity index (χ3n) is 2.37. The summed E-state index contributed by atoms with van der Waals surface area (Å²) in [6.45, 7) is 5.92. The zero-order chi connectivity index (χ0) is 10.8. The Labute approximate surface area is 93.6 Å². The van der Waals surface area contributed by atoms with Crippen LogP contribution in [-0.4, -0.2) is 18.1 Å². The lowest BCUT2D eigenvalue weighted by atomic mass is 10.3. The molecule has 15 heavy (non-hydrogen) atoms. The van der Waals surface area contributed by atoms with Gasteiger partial charge in [0, 0.05) is 24.2 Å². The van der Waals surface area contributed by atoms with Crippen LogP contribution in [0.25, 0.3) is 11.1 Å². The van der Waals surface area contributed by atoms with Crippen molar-refractivity contribution in [3.63, 3.8) is 0 Å². The van der Waals surface area contributed by atoms with E-state index in [4.69, 9.17) is 16.0 Å². The molecule has 0 amide bonds. The highest BCUT2D eigenvalue weighted by Gasteiger charge is 2.10. The van der Waals surface area contributed by atoms with E-state index in [2.05, 4.69) is 23.7 Å². The van der Waals surface area contributed by atoms with Gasteiger partial charge in [0.1, 0.15) is 5.52 Å². The van der Waals surface area contributed by atoms with Crippen molar-refractivity contribution in [2.45, 2.75) is 13.8 Å². The van der Waals surface area contributed by atoms with Gasteiger partial charge < -0.3 is 9.32 Å². The molecule has 2 aromatic rings. The zero-order valence-electron chi connectivity index (χ0n) is 8.83. The molecule has 0 N–H and O–H groups in total. The SMILES string of the molecule is CCN(CC)c1nc2ccc(Cl)cc2o1. The van der Waals surface area contributed by atoms with Crippen LogP contribution in [-0.2, 0) is 0 Å². The van der Waals surface area contributed by atoms with Crippen molar-refractivity contribution in [3.05, 3.63) is 23.2 Å². The van der Waals surface area contributed by atoms with Crippen molar-refractivity contribution in [1.82, 2.24) is 4.98 Å². The number of oxazole rings is 1. The molecule has 2 rings (SSSR count). The Morgan fingerprint density at radius 1 is 1.33 bits per heavy atom. The number of halogens is 1. The van der Waals surface area contributed by atoms with Crippen molar-refractivity contribution >= 4 is 28.7 Å². The molecule has 80 valence electrons. The normalized spacial score (nSPS) is 10.9. The second kappa shape index (κ2) is 4.11. The van der Waals surface area contributed by atoms with Gasteiger partial charge in [-0.15, -0.1) is 0 Å². The summed E-state index contributed by atoms with van der Waals surface area (Å²) in [7, 11) is 0. The number of aromatic nitrogens is 1. The van der Waals surface area contributed by atoms with E-state index in [9.17, 15) is 0 Å². The highest BCUT2D eigenvalue weighted by atomic mass is 35.5. The first-order chi connectivity index (χ1) is 7.24. The third-order valence-corrected chi connectivity index (χ3v) is 2.61. The summed E-state index contributed by atoms with van der Waals surface area (Å²) in [5.41, 5.74) is 1.59. The Morgan fingerprint density at radius 3 is 2.73 bits per heavy atom. The number of nitrogens with zero attached hydrogens (tertiary/aromatic N) is 2. The largest absolute Gasteiger partial charge is 0.423 e. The molecule has 0 fully saturated rings. The molecule has 1 aromatic heterocycles. The second-order valence-corrected chi connectivity index (χ2v) is 3.72. The average Bonchev–Trinajstić information content (AvgIpc) is 2.62. The fraction of sp³-hybridized carbons (Fsp3) is 0.364. The molecular formula is C11H13ClN2O. The van der Waals surface area contributed by atoms with Gasteiger partial charge in [0.15, 0.2) is 5.58 Å². The molecule has 0 unspecified atom stereocenters. The average molecular weight is 225 g/mol. The highest BCUT2D eigenvalue weighted by molar-refractivity contribution is 6.31. The van der Waals surface area contributed by atoms with E-state index in [1.165, 1.54) is 0 Å². The predicted molar refractivity (Wildman–Crippen MR) is 62.6 cm³/mol. The Kier molecular flexibility index (Phi) is 2.82. The second-order valence-electron chi connectivity index (χ2n) is 3.28. The van der Waals surface area contributed by atoms with Crippen LogP contribution in [0.2, 0.25) is 5.02 Å². The fourth-order valence-corrected chi connectivity index (χ4v) is 1.68. The number of hydrogen-bond acceptors (Lipinski definition) is 3. The fourth-order valence-electron chi connectivity index (χ4n) is 1.52. The molecule has 0 spiro atoms. The van der Waals surface area contributed by atoms with Gasteiger partial charge in [0.05, 0.1) is 0 Å². The minimum Gasteiger partial charge on any atom is -0.423 e. The van der Waals surface area contributed by atoms with E-state index < -0.39 is 0 Å². The molecule has 1 aromatic carbocycles. The van der Waals surface area contributed by atoms with Crippen LogP contribution in [0.1, 0.15) is 13.8 Å². The topological polar surface area (TPSA) is 29.3 Å². The molecule has 3 nitrogen and oxygen atoms in total. The summed E-state index contributed by atoms with van der Waals surface area (Å²) in [4.78, 5) is 6.46. The van der Waals surface area contributed by atoms with Gasteiger partial charge in [-0.2, -0.15) is 4.98 Å². The van der Waals surface area contributed by atoms with Gasteiger partial charge in [0.2, 0.25) is 0 Å². The maximum absolute atomic E-state index is 5.87. The Hall–Kier alpha value is -1.22. The van der Waals surface area contributed by atoms with Gasteiger partial charge >= 0.3 is 0 Å². The molecule has 0 atom stereocenters. The van der Waals surface area contributed by atoms with Crippen LogP contribution >= 0.6 is 11.6 Å². The van der Waals surface area contributed by atoms with Crippen molar-refractivity contribution in [1.29, 1.82) is 0 Å². The predicted octanol–water partition coefficient (Wildman–Crippen LogP) is 3.33. The smallest absolute Gasteiger partial charge is 0.298 e. The Balaban J connectivity index is 2.46. The first-order valence-corrected chi connectivity index (χ1v) is 5.43. The van der Waals surface area contributed by atoms with Crippen molar-refractivity contribution in [2.24, 2.45) is 0 Å². The van der Waals surface area contributed by atoms with Crippen LogP contribution in [0.5, 0.6) is 0 Å². The summed E-state index contributed by atoms with van der Waals surface area (Å²) < 4.78 is 5.62. The number of anilines is 1. The summed E-state index contributed by atoms with van der Waals surface area (Å²) in [5.74, 6) is 0. The van der Waals surface area contributed by atoms with E-state index in [1.807, 2.05) is 12.1 Å². The highest BCUT2D eigenvalue weighted by Crippen LogP contribution is 2.24. The summed E-state index contributed by atoms with van der Waals surface area (Å²) in [6.07, 6.45) is 0. The Morgan fingerprint density at radius 2 is 2.07 bits per heavy atom. The third kappa shape index (κ3) is 1.92. The monoisotopic (exact) mass is 224 g/mol. The molecule has 0 saturated carbocycles. The molecule has 0 saturated heterocycles. The van der Waals surface area contributed by atoms with E-state index >= 15 is 0 Å². The lowest BCUT2D eigenvalue weighted by Gasteiger charge is -2.14. The molecule has 0 aliphatic heterocycles. The summed E-state index contributed by atoms with van der Waals surface area (Å²) in [5, 5.41) is 0.671. The number of fused-ring (bicyclic) bond motifs is 1. The van der Waals surface area contributed by atoms with Crippen molar-refractivity contribution in [2.75, 3.05) is 18.0 Å². The van der Waals surface area contributed by atoms with Crippen LogP contribution < -0.4 is 4.90 Å². The number of hydrogen-bond donors (Lipinski definition) is 0. The first kappa shape index (κ1) is 10.3. The molecule has 0 aliphatic carbocycles. The summed E-state index contributed by atoms with van der Waals surface area (Å²) >= 11 is 5.87. The van der Waals surface area contributed by atoms with Crippen molar-refractivity contribution < 1.29 is 4.42 Å². The quantitative estimate of drug-likeness (QED) is 0.801. The summed E-state index contributed by atoms with van der Waals surface area (Å²) in [6, 6.07) is 6.14. The van der Waals surface area contributed by atoms with E-state index in [1.54, 1.807) is 6.07 Å². The van der Waals surface area contributed by atoms with Gasteiger partial charge in [-0.3, -0.25) is 0 Å². The van der Waals surface area contributed by atoms with Gasteiger partial charge in [-0.05, 0) is 26.0 Å². The lowest BCUT2D eigenvalue weighted by molar-refractivity contribution is 0.576. The molecular weight excluding hydrogens is 212 g/mol. The zero-order valence-corrected chi connectivity index (χ0v) is 9.58. The number of benzene rings is 1. The minimum absolute atomic E-state index is 0.664. The van der Waals surface area contributed by atoms with Gasteiger partial charge in [0.25, 0.3) is 6.01 Å². The van der Waals surface area contributed by atoms with E-state index in [0.29, 0.717) is 11.0 Å². The molecule has 4 heteroatoms. The van der Waals surface area contributed by atoms with Crippen LogP contribution in [0, 0.1) is 0 Å². The first-order valence-electron chi connectivity index (χ1n) is 5.05. The standard InChI is InChI=1S/C11H13ClN2O/c1-3-14(4-2)11-13-9-6-5-8(12)7-10(9)15-11/h5-7H,3-4H2,1-2H3. The molecule has 0 aliphatic rings. The van der Waals surface area contributed by atoms with Gasteiger partial charge in [-0.25, -0.2) is 0 Å².